The Labute approximate surface area is 184 Å². The first kappa shape index (κ1) is 22.2. The number of pyridine rings is 2. The Kier molecular flexibility index (Phi) is 7.02. The molecule has 3 atom stereocenters. The highest BCUT2D eigenvalue weighted by Crippen LogP contribution is 2.31. The van der Waals surface area contributed by atoms with Gasteiger partial charge in [-0.1, -0.05) is 0 Å². The van der Waals surface area contributed by atoms with Gasteiger partial charge in [-0.3, -0.25) is 14.9 Å². The molecule has 5 nitrogen and oxygen atoms in total. The van der Waals surface area contributed by atoms with E-state index < -0.39 is 23.8 Å². The van der Waals surface area contributed by atoms with Gasteiger partial charge in [-0.05, 0) is 61.4 Å². The molecule has 0 amide bonds. The summed E-state index contributed by atoms with van der Waals surface area (Å²) in [5.74, 6) is -0.925. The van der Waals surface area contributed by atoms with Gasteiger partial charge in [-0.2, -0.15) is 0 Å². The first-order valence-electron chi connectivity index (χ1n) is 10.5. The van der Waals surface area contributed by atoms with Gasteiger partial charge in [0.15, 0.2) is 0 Å². The summed E-state index contributed by atoms with van der Waals surface area (Å²) in [5, 5.41) is 10.8. The highest BCUT2D eigenvalue weighted by molar-refractivity contribution is 5.22. The molecule has 168 valence electrons. The van der Waals surface area contributed by atoms with Crippen LogP contribution in [0.2, 0.25) is 0 Å². The lowest BCUT2D eigenvalue weighted by atomic mass is 10.0. The molecule has 4 rings (SSSR count). The molecule has 8 heteroatoms. The zero-order valence-electron chi connectivity index (χ0n) is 17.4. The highest BCUT2D eigenvalue weighted by Gasteiger charge is 2.37. The van der Waals surface area contributed by atoms with Crippen LogP contribution < -0.4 is 4.74 Å². The molecule has 32 heavy (non-hydrogen) atoms. The molecule has 1 N–H and O–H groups in total. The fourth-order valence-electron chi connectivity index (χ4n) is 4.05. The summed E-state index contributed by atoms with van der Waals surface area (Å²) in [6.07, 6.45) is 3.10. The van der Waals surface area contributed by atoms with Crippen molar-refractivity contribution in [3.05, 3.63) is 89.8 Å². The quantitative estimate of drug-likeness (QED) is 0.568. The molecule has 1 aliphatic carbocycles. The van der Waals surface area contributed by atoms with E-state index in [0.29, 0.717) is 25.1 Å². The van der Waals surface area contributed by atoms with Gasteiger partial charge >= 0.3 is 0 Å². The lowest BCUT2D eigenvalue weighted by Gasteiger charge is -2.28. The molecule has 2 heterocycles. The molecule has 3 aromatic rings. The molecule has 1 fully saturated rings. The second-order valence-corrected chi connectivity index (χ2v) is 7.97. The minimum atomic E-state index is -0.773. The van der Waals surface area contributed by atoms with Gasteiger partial charge in [-0.25, -0.2) is 13.2 Å². The van der Waals surface area contributed by atoms with Crippen molar-refractivity contribution in [2.24, 2.45) is 5.92 Å². The smallest absolute Gasteiger partial charge is 0.146 e. The molecule has 1 aromatic carbocycles. The van der Waals surface area contributed by atoms with Crippen LogP contribution in [0.5, 0.6) is 5.75 Å². The Bertz CT molecular complexity index is 988. The Hall–Kier alpha value is -2.97. The Balaban J connectivity index is 1.46. The average molecular weight is 443 g/mol. The number of aromatic nitrogens is 2. The maximum atomic E-state index is 14.2. The van der Waals surface area contributed by atoms with Crippen LogP contribution in [0, 0.1) is 23.4 Å². The Morgan fingerprint density at radius 3 is 2.03 bits per heavy atom. The van der Waals surface area contributed by atoms with E-state index in [2.05, 4.69) is 9.97 Å². The van der Waals surface area contributed by atoms with E-state index in [4.69, 9.17) is 4.74 Å². The summed E-state index contributed by atoms with van der Waals surface area (Å²) < 4.78 is 47.4. The molecular weight excluding hydrogens is 419 g/mol. The van der Waals surface area contributed by atoms with Crippen molar-refractivity contribution in [2.45, 2.75) is 38.1 Å². The molecule has 1 aliphatic rings. The van der Waals surface area contributed by atoms with Crippen molar-refractivity contribution < 1.29 is 23.0 Å². The van der Waals surface area contributed by atoms with E-state index in [0.717, 1.165) is 0 Å². The molecular formula is C24H24F3N3O2. The maximum absolute atomic E-state index is 14.2. The van der Waals surface area contributed by atoms with Gasteiger partial charge < -0.3 is 9.84 Å². The maximum Gasteiger partial charge on any atom is 0.146 e. The SMILES string of the molecule is O[C@@H]1[C@@H](CN(Cc2ncccc2F)Cc2ncccc2F)CC[C@H]1Oc1ccc(F)cc1. The van der Waals surface area contributed by atoms with E-state index in [-0.39, 0.29) is 36.2 Å². The van der Waals surface area contributed by atoms with Gasteiger partial charge in [0.25, 0.3) is 0 Å². The average Bonchev–Trinajstić information content (AvgIpc) is 3.12. The number of aliphatic hydroxyl groups is 1. The number of nitrogens with zero attached hydrogens (tertiary/aromatic N) is 3. The van der Waals surface area contributed by atoms with E-state index in [1.807, 2.05) is 4.90 Å². The minimum absolute atomic E-state index is 0.148. The number of hydrogen-bond acceptors (Lipinski definition) is 5. The molecule has 0 aliphatic heterocycles. The second-order valence-electron chi connectivity index (χ2n) is 7.97. The van der Waals surface area contributed by atoms with E-state index in [9.17, 15) is 18.3 Å². The van der Waals surface area contributed by atoms with E-state index >= 15 is 0 Å². The minimum Gasteiger partial charge on any atom is -0.488 e. The summed E-state index contributed by atoms with van der Waals surface area (Å²) in [6.45, 7) is 0.682. The number of benzene rings is 1. The second kappa shape index (κ2) is 10.1. The fraction of sp³-hybridized carbons (Fsp3) is 0.333. The Morgan fingerprint density at radius 1 is 0.875 bits per heavy atom. The zero-order valence-corrected chi connectivity index (χ0v) is 17.4. The number of ether oxygens (including phenoxy) is 1. The molecule has 0 radical (unpaired) electrons. The number of halogens is 3. The van der Waals surface area contributed by atoms with Crippen LogP contribution in [0.15, 0.2) is 60.9 Å². The lowest BCUT2D eigenvalue weighted by molar-refractivity contribution is 0.0225. The summed E-state index contributed by atoms with van der Waals surface area (Å²) >= 11 is 0. The summed E-state index contributed by atoms with van der Waals surface area (Å²) in [6, 6.07) is 11.3. The third kappa shape index (κ3) is 5.44. The molecule has 1 saturated carbocycles. The molecule has 0 bridgehead atoms. The van der Waals surface area contributed by atoms with Crippen LogP contribution in [0.4, 0.5) is 13.2 Å². The van der Waals surface area contributed by atoms with Crippen LogP contribution in [-0.4, -0.2) is 38.7 Å². The van der Waals surface area contributed by atoms with E-state index in [1.54, 1.807) is 0 Å². The lowest BCUT2D eigenvalue weighted by Crippen LogP contribution is -2.37. The van der Waals surface area contributed by atoms with Gasteiger partial charge in [0.1, 0.15) is 29.3 Å². The topological polar surface area (TPSA) is 58.5 Å². The largest absolute Gasteiger partial charge is 0.488 e. The van der Waals surface area contributed by atoms with E-state index in [1.165, 1.54) is 60.9 Å². The molecule has 2 aromatic heterocycles. The van der Waals surface area contributed by atoms with Crippen LogP contribution in [0.1, 0.15) is 24.2 Å². The molecule has 0 unspecified atom stereocenters. The summed E-state index contributed by atoms with van der Waals surface area (Å²) in [5.41, 5.74) is 0.492. The fourth-order valence-corrected chi connectivity index (χ4v) is 4.05. The highest BCUT2D eigenvalue weighted by atomic mass is 19.1. The first-order chi connectivity index (χ1) is 15.5. The normalized spacial score (nSPS) is 20.6. The first-order valence-corrected chi connectivity index (χ1v) is 10.5. The van der Waals surface area contributed by atoms with Gasteiger partial charge in [0.05, 0.1) is 17.5 Å². The standard InChI is InChI=1S/C24H24F3N3O2/c25-17-6-8-18(9-7-17)32-23-10-5-16(24(23)31)13-30(14-21-19(26)3-1-11-28-21)15-22-20(27)4-2-12-29-22/h1-4,6-9,11-12,16,23-24,31H,5,10,13-15H2/t16-,23-,24-/m1/s1. The van der Waals surface area contributed by atoms with Gasteiger partial charge in [-0.15, -0.1) is 0 Å². The van der Waals surface area contributed by atoms with Crippen molar-refractivity contribution in [3.8, 4) is 5.75 Å². The predicted octanol–water partition coefficient (Wildman–Crippen LogP) is 4.11. The number of hydrogen-bond donors (Lipinski definition) is 1. The third-order valence-electron chi connectivity index (χ3n) is 5.70. The van der Waals surface area contributed by atoms with Crippen LogP contribution in [0.3, 0.4) is 0 Å². The van der Waals surface area contributed by atoms with Crippen molar-refractivity contribution >= 4 is 0 Å². The summed E-state index contributed by atoms with van der Waals surface area (Å²) in [4.78, 5) is 10.0. The Morgan fingerprint density at radius 2 is 1.47 bits per heavy atom. The summed E-state index contributed by atoms with van der Waals surface area (Å²) in [7, 11) is 0. The predicted molar refractivity (Wildman–Crippen MR) is 112 cm³/mol. The zero-order chi connectivity index (χ0) is 22.5. The number of rotatable bonds is 8. The monoisotopic (exact) mass is 443 g/mol. The molecule has 0 saturated heterocycles. The van der Waals surface area contributed by atoms with Gasteiger partial charge in [0.2, 0.25) is 0 Å². The molecule has 0 spiro atoms. The number of aliphatic hydroxyl groups excluding tert-OH is 1. The van der Waals surface area contributed by atoms with Crippen molar-refractivity contribution in [1.82, 2.24) is 14.9 Å². The van der Waals surface area contributed by atoms with Crippen LogP contribution in [0.25, 0.3) is 0 Å². The van der Waals surface area contributed by atoms with Crippen LogP contribution >= 0.6 is 0 Å². The van der Waals surface area contributed by atoms with Crippen LogP contribution in [-0.2, 0) is 13.1 Å². The third-order valence-corrected chi connectivity index (χ3v) is 5.70. The van der Waals surface area contributed by atoms with Crippen molar-refractivity contribution in [3.63, 3.8) is 0 Å². The van der Waals surface area contributed by atoms with Crippen molar-refractivity contribution in [1.29, 1.82) is 0 Å². The van der Waals surface area contributed by atoms with Gasteiger partial charge in [0, 0.05) is 37.9 Å². The van der Waals surface area contributed by atoms with Crippen molar-refractivity contribution in [2.75, 3.05) is 6.54 Å².